The highest BCUT2D eigenvalue weighted by Crippen LogP contribution is 2.39. The number of ether oxygens (including phenoxy) is 2. The Morgan fingerprint density at radius 3 is 1.23 bits per heavy atom. The monoisotopic (exact) mass is 1220 g/mol. The van der Waals surface area contributed by atoms with Gasteiger partial charge in [-0.2, -0.15) is 10.1 Å². The number of furan rings is 2. The zero-order chi connectivity index (χ0) is 63.6. The Kier molecular flexibility index (Phi) is 28.2. The first-order valence-corrected chi connectivity index (χ1v) is 30.2. The number of nitrogens with one attached hydrogen (secondary N) is 6. The molecule has 0 saturated carbocycles. The number of carbonyl (C=O) groups excluding carboxylic acids is 8. The van der Waals surface area contributed by atoms with Crippen molar-refractivity contribution in [3.63, 3.8) is 0 Å². The van der Waals surface area contributed by atoms with Crippen LogP contribution in [0.2, 0.25) is 0 Å². The van der Waals surface area contributed by atoms with Crippen LogP contribution in [0.1, 0.15) is 168 Å². The molecule has 4 aromatic rings. The lowest BCUT2D eigenvalue weighted by Gasteiger charge is -2.32. The van der Waals surface area contributed by atoms with Crippen LogP contribution < -0.4 is 50.4 Å². The average molecular weight is 1220 g/mol. The van der Waals surface area contributed by atoms with Crippen LogP contribution in [0.4, 0.5) is 9.59 Å². The minimum Gasteiger partial charge on any atom is -0.494 e. The third-order valence-corrected chi connectivity index (χ3v) is 13.6. The Bertz CT molecular complexity index is 2710. The van der Waals surface area contributed by atoms with Crippen LogP contribution >= 0.6 is 8.25 Å². The Morgan fingerprint density at radius 1 is 0.535 bits per heavy atom. The van der Waals surface area contributed by atoms with Crippen molar-refractivity contribution < 1.29 is 80.0 Å². The molecular weight excluding hydrogens is 1140 g/mol. The molecule has 0 radical (unpaired) electrons. The lowest BCUT2D eigenvalue weighted by atomic mass is 9.90. The molecule has 0 spiro atoms. The number of rotatable bonds is 36. The number of hydroxylamine groups is 4. The van der Waals surface area contributed by atoms with Gasteiger partial charge in [-0.3, -0.25) is 28.8 Å². The smallest absolute Gasteiger partial charge is 0.494 e. The molecule has 472 valence electrons. The molecule has 2 heterocycles. The highest BCUT2D eigenvalue weighted by atomic mass is 31.1. The van der Waals surface area contributed by atoms with Crippen LogP contribution in [0.15, 0.2) is 69.5 Å². The molecule has 2 aromatic carbocycles. The average Bonchev–Trinajstić information content (AvgIpc) is 3.53. The van der Waals surface area contributed by atoms with Crippen LogP contribution in [-0.4, -0.2) is 108 Å². The Hall–Kier alpha value is -8.34. The quantitative estimate of drug-likeness (QED) is 0.00810. The van der Waals surface area contributed by atoms with Crippen molar-refractivity contribution in [2.24, 2.45) is 11.8 Å². The SMILES string of the molecule is CCCCC[C@@H](C(=O)NCNC(=O)c1ccc(-c2cc(OCC)cc(O[P+](=O)Oc3cc(OCC)cc(-c4ccc(C(=O)NCNC(=O)[C@H](CCCCC)[C@@H](CC)N(C=O)OC(=O)NC(C)(C)C)o4)c3)c2)o1)[C@@H](CC)N(C=O)OC(=O)NC(C)(C)C. The molecule has 0 aliphatic rings. The fourth-order valence-electron chi connectivity index (χ4n) is 9.01. The fourth-order valence-corrected chi connectivity index (χ4v) is 9.60. The maximum Gasteiger partial charge on any atom is 0.805 e. The largest absolute Gasteiger partial charge is 0.805 e. The molecule has 0 fully saturated rings. The van der Waals surface area contributed by atoms with Gasteiger partial charge in [-0.15, -0.1) is 0 Å². The number of benzene rings is 2. The number of nitrogens with zero attached hydrogens (tertiary/aromatic N) is 2. The molecular formula is C60H86N8O17P+. The van der Waals surface area contributed by atoms with Gasteiger partial charge in [0.1, 0.15) is 23.0 Å². The summed E-state index contributed by atoms with van der Waals surface area (Å²) in [4.78, 5) is 114. The number of unbranched alkanes of at least 4 members (excludes halogenated alkanes) is 4. The Balaban J connectivity index is 1.43. The molecule has 0 unspecified atom stereocenters. The first-order valence-electron chi connectivity index (χ1n) is 29.1. The van der Waals surface area contributed by atoms with E-state index in [1.54, 1.807) is 81.4 Å². The third kappa shape index (κ3) is 22.9. The second kappa shape index (κ2) is 34.6. The Labute approximate surface area is 503 Å². The summed E-state index contributed by atoms with van der Waals surface area (Å²) in [7, 11) is -2.94. The van der Waals surface area contributed by atoms with Crippen molar-refractivity contribution in [3.8, 4) is 45.6 Å². The van der Waals surface area contributed by atoms with Crippen molar-refractivity contribution in [1.29, 1.82) is 0 Å². The van der Waals surface area contributed by atoms with Gasteiger partial charge in [-0.05, 0) is 130 Å². The first-order chi connectivity index (χ1) is 40.9. The van der Waals surface area contributed by atoms with E-state index in [9.17, 15) is 42.9 Å². The number of amides is 8. The van der Waals surface area contributed by atoms with Gasteiger partial charge >= 0.3 is 20.4 Å². The fraction of sp³-hybridized carbons (Fsp3) is 0.533. The molecule has 4 atom stereocenters. The van der Waals surface area contributed by atoms with Crippen LogP contribution in [-0.2, 0) is 33.4 Å². The summed E-state index contributed by atoms with van der Waals surface area (Å²) >= 11 is 0. The van der Waals surface area contributed by atoms with Gasteiger partial charge < -0.3 is 59.9 Å². The van der Waals surface area contributed by atoms with E-state index in [1.165, 1.54) is 48.5 Å². The molecule has 0 aliphatic carbocycles. The maximum absolute atomic E-state index is 13.7. The molecule has 4 rings (SSSR count). The normalized spacial score (nSPS) is 12.6. The van der Waals surface area contributed by atoms with Crippen molar-refractivity contribution in [1.82, 2.24) is 42.0 Å². The molecule has 8 amide bonds. The zero-order valence-corrected chi connectivity index (χ0v) is 52.3. The van der Waals surface area contributed by atoms with Crippen LogP contribution in [0, 0.1) is 11.8 Å². The van der Waals surface area contributed by atoms with Crippen molar-refractivity contribution in [3.05, 3.63) is 72.2 Å². The van der Waals surface area contributed by atoms with Crippen molar-refractivity contribution >= 4 is 56.9 Å². The second-order valence-electron chi connectivity index (χ2n) is 22.0. The van der Waals surface area contributed by atoms with Gasteiger partial charge in [0.25, 0.3) is 11.8 Å². The highest BCUT2D eigenvalue weighted by Gasteiger charge is 2.36. The summed E-state index contributed by atoms with van der Waals surface area (Å²) in [5.74, 6) is -2.86. The summed E-state index contributed by atoms with van der Waals surface area (Å²) in [6, 6.07) is 13.6. The second-order valence-corrected chi connectivity index (χ2v) is 22.8. The Morgan fingerprint density at radius 2 is 0.907 bits per heavy atom. The molecule has 0 bridgehead atoms. The number of hydrogen-bond acceptors (Lipinski definition) is 17. The topological polar surface area (TPSA) is 314 Å². The van der Waals surface area contributed by atoms with E-state index in [4.69, 9.17) is 37.0 Å². The van der Waals surface area contributed by atoms with E-state index in [1.807, 2.05) is 13.8 Å². The van der Waals surface area contributed by atoms with Gasteiger partial charge in [0.15, 0.2) is 23.0 Å². The van der Waals surface area contributed by atoms with Crippen LogP contribution in [0.5, 0.6) is 23.0 Å². The van der Waals surface area contributed by atoms with E-state index in [0.29, 0.717) is 61.1 Å². The highest BCUT2D eigenvalue weighted by molar-refractivity contribution is 7.34. The van der Waals surface area contributed by atoms with Gasteiger partial charge in [0, 0.05) is 38.9 Å². The lowest BCUT2D eigenvalue weighted by molar-refractivity contribution is -0.170. The van der Waals surface area contributed by atoms with Crippen LogP contribution in [0.3, 0.4) is 0 Å². The number of hydrogen-bond donors (Lipinski definition) is 6. The van der Waals surface area contributed by atoms with Crippen LogP contribution in [0.25, 0.3) is 22.6 Å². The predicted octanol–water partition coefficient (Wildman–Crippen LogP) is 10.5. The summed E-state index contributed by atoms with van der Waals surface area (Å²) in [6.07, 6.45) is 5.14. The minimum atomic E-state index is -2.94. The van der Waals surface area contributed by atoms with E-state index in [2.05, 4.69) is 31.9 Å². The first kappa shape index (κ1) is 70.1. The van der Waals surface area contributed by atoms with Crippen molar-refractivity contribution in [2.45, 2.75) is 170 Å². The molecule has 0 saturated heterocycles. The van der Waals surface area contributed by atoms with Crippen molar-refractivity contribution in [2.75, 3.05) is 26.6 Å². The molecule has 6 N–H and O–H groups in total. The summed E-state index contributed by atoms with van der Waals surface area (Å²) in [5.41, 5.74) is -0.509. The third-order valence-electron chi connectivity index (χ3n) is 12.9. The molecule has 25 nitrogen and oxygen atoms in total. The van der Waals surface area contributed by atoms with E-state index >= 15 is 0 Å². The summed E-state index contributed by atoms with van der Waals surface area (Å²) < 4.78 is 48.6. The predicted molar refractivity (Wildman–Crippen MR) is 318 cm³/mol. The molecule has 2 aromatic heterocycles. The van der Waals surface area contributed by atoms with Gasteiger partial charge in [0.2, 0.25) is 24.6 Å². The molecule has 0 aliphatic heterocycles. The summed E-state index contributed by atoms with van der Waals surface area (Å²) in [5, 5.41) is 17.7. The number of carbonyl (C=O) groups is 8. The van der Waals surface area contributed by atoms with E-state index in [0.717, 1.165) is 35.8 Å². The van der Waals surface area contributed by atoms with Gasteiger partial charge in [0.05, 0.1) is 50.5 Å². The van der Waals surface area contributed by atoms with Gasteiger partial charge in [-0.25, -0.2) is 18.6 Å². The molecule has 26 heteroatoms. The summed E-state index contributed by atoms with van der Waals surface area (Å²) in [6.45, 7) is 21.6. The lowest BCUT2D eigenvalue weighted by Crippen LogP contribution is -2.51. The zero-order valence-electron chi connectivity index (χ0n) is 51.4. The van der Waals surface area contributed by atoms with E-state index < -0.39 is 79.1 Å². The standard InChI is InChI=1S/C60H85N8O17P/c1-13-19-21-23-45(47(15-3)67(37-69)82-57(75)65-59(7,8)9)53(71)61-35-63-55(73)51-27-25-49(80-51)39-29-41(78-17-5)33-43(31-39)84-86(77)85-44-32-40(30-42(34-44)79-18-6)50-26-28-52(81-50)56(74)64-36-62-54(72)46(24-22-20-14-2)48(16-4)68(38-70)83-58(76)66-60(10,11)12/h25-34,37-38,45-48H,13-24,35-36H2,1-12H3,(H5-,61,62,63,64,65,66,71,72,73,74,75,76)/p+1/t45-,46-,47-,48-/m1/s1. The maximum atomic E-state index is 13.7. The van der Waals surface area contributed by atoms with E-state index in [-0.39, 0.29) is 73.9 Å². The van der Waals surface area contributed by atoms with Gasteiger partial charge in [-0.1, -0.05) is 66.2 Å². The minimum absolute atomic E-state index is 0.0540. The molecule has 86 heavy (non-hydrogen) atoms.